The molecule has 2 amide bonds. The van der Waals surface area contributed by atoms with E-state index < -0.39 is 36.0 Å². The van der Waals surface area contributed by atoms with E-state index in [2.05, 4.69) is 5.32 Å². The molecule has 9 heteroatoms. The molecule has 2 atom stereocenters. The number of fused-ring (bicyclic) bond motifs is 1. The molecule has 2 aliphatic heterocycles. The predicted octanol–water partition coefficient (Wildman–Crippen LogP) is 2.92. The van der Waals surface area contributed by atoms with Gasteiger partial charge in [-0.25, -0.2) is 9.18 Å². The highest BCUT2D eigenvalue weighted by Gasteiger charge is 2.50. The van der Waals surface area contributed by atoms with Gasteiger partial charge in [0, 0.05) is 19.1 Å². The molecule has 0 bridgehead atoms. The van der Waals surface area contributed by atoms with Crippen LogP contribution in [-0.2, 0) is 36.9 Å². The quantitative estimate of drug-likeness (QED) is 0.536. The number of halogens is 1. The number of alkyl halides is 1. The van der Waals surface area contributed by atoms with Gasteiger partial charge in [-0.15, -0.1) is 0 Å². The van der Waals surface area contributed by atoms with E-state index in [0.717, 1.165) is 21.8 Å². The van der Waals surface area contributed by atoms with Crippen LogP contribution in [0.5, 0.6) is 5.75 Å². The average molecular weight is 523 g/mol. The number of methoxy groups -OCH3 is 1. The summed E-state index contributed by atoms with van der Waals surface area (Å²) < 4.78 is 31.5. The molecular formula is C29H31FN2O6. The SMILES string of the molecule is COC[C@@]1(F)CC(C(=O)OCc2ccccc2)N(C(=O)CNC(=O)C2=C/COc3ccccc3C/C=C\2)C1. The zero-order chi connectivity index (χ0) is 27.0. The molecule has 1 N–H and O–H groups in total. The van der Waals surface area contributed by atoms with Crippen molar-refractivity contribution in [3.8, 4) is 5.75 Å². The van der Waals surface area contributed by atoms with Gasteiger partial charge in [-0.1, -0.05) is 60.7 Å². The van der Waals surface area contributed by atoms with E-state index in [0.29, 0.717) is 12.0 Å². The number of ether oxygens (including phenoxy) is 3. The highest BCUT2D eigenvalue weighted by atomic mass is 19.1. The lowest BCUT2D eigenvalue weighted by Crippen LogP contribution is -2.46. The van der Waals surface area contributed by atoms with Crippen LogP contribution in [0.3, 0.4) is 0 Å². The number of amides is 2. The second kappa shape index (κ2) is 12.5. The summed E-state index contributed by atoms with van der Waals surface area (Å²) in [6, 6.07) is 15.6. The summed E-state index contributed by atoms with van der Waals surface area (Å²) in [5, 5.41) is 2.58. The number of allylic oxidation sites excluding steroid dienone is 1. The van der Waals surface area contributed by atoms with Gasteiger partial charge in [-0.05, 0) is 29.7 Å². The summed E-state index contributed by atoms with van der Waals surface area (Å²) in [4.78, 5) is 39.9. The summed E-state index contributed by atoms with van der Waals surface area (Å²) in [5.74, 6) is -1.03. The smallest absolute Gasteiger partial charge is 0.329 e. The summed E-state index contributed by atoms with van der Waals surface area (Å²) in [7, 11) is 1.36. The molecule has 1 unspecified atom stereocenters. The zero-order valence-corrected chi connectivity index (χ0v) is 21.2. The van der Waals surface area contributed by atoms with Crippen LogP contribution >= 0.6 is 0 Å². The van der Waals surface area contributed by atoms with Gasteiger partial charge in [0.1, 0.15) is 25.0 Å². The maximum Gasteiger partial charge on any atom is 0.329 e. The third-order valence-corrected chi connectivity index (χ3v) is 6.42. The number of rotatable bonds is 8. The van der Waals surface area contributed by atoms with Crippen molar-refractivity contribution in [3.63, 3.8) is 0 Å². The number of carbonyl (C=O) groups excluding carboxylic acids is 3. The summed E-state index contributed by atoms with van der Waals surface area (Å²) in [6.07, 6.45) is 5.49. The van der Waals surface area contributed by atoms with E-state index in [9.17, 15) is 14.4 Å². The normalized spacial score (nSPS) is 22.9. The molecule has 38 heavy (non-hydrogen) atoms. The molecule has 0 aromatic heterocycles. The fraction of sp³-hybridized carbons (Fsp3) is 0.345. The van der Waals surface area contributed by atoms with E-state index in [1.54, 1.807) is 24.3 Å². The predicted molar refractivity (Wildman–Crippen MR) is 138 cm³/mol. The molecule has 4 rings (SSSR count). The highest BCUT2D eigenvalue weighted by molar-refractivity contribution is 5.98. The van der Waals surface area contributed by atoms with Crippen molar-refractivity contribution in [1.29, 1.82) is 0 Å². The number of esters is 1. The first-order chi connectivity index (χ1) is 18.4. The van der Waals surface area contributed by atoms with E-state index in [4.69, 9.17) is 14.2 Å². The van der Waals surface area contributed by atoms with Crippen LogP contribution in [-0.4, -0.2) is 67.8 Å². The maximum absolute atomic E-state index is 15.4. The Hall–Kier alpha value is -3.98. The van der Waals surface area contributed by atoms with Crippen LogP contribution < -0.4 is 10.1 Å². The van der Waals surface area contributed by atoms with Gasteiger partial charge in [0.25, 0.3) is 5.91 Å². The van der Waals surface area contributed by atoms with Gasteiger partial charge in [-0.2, -0.15) is 0 Å². The van der Waals surface area contributed by atoms with Gasteiger partial charge in [0.15, 0.2) is 5.67 Å². The Bertz CT molecular complexity index is 1210. The van der Waals surface area contributed by atoms with Gasteiger partial charge in [0.2, 0.25) is 5.91 Å². The molecule has 0 spiro atoms. The largest absolute Gasteiger partial charge is 0.489 e. The van der Waals surface area contributed by atoms with E-state index in [1.165, 1.54) is 7.11 Å². The Morgan fingerprint density at radius 3 is 2.68 bits per heavy atom. The van der Waals surface area contributed by atoms with Crippen LogP contribution in [0.2, 0.25) is 0 Å². The monoisotopic (exact) mass is 522 g/mol. The van der Waals surface area contributed by atoms with E-state index >= 15 is 4.39 Å². The number of carbonyl (C=O) groups is 3. The minimum Gasteiger partial charge on any atom is -0.489 e. The molecule has 2 heterocycles. The Morgan fingerprint density at radius 2 is 1.89 bits per heavy atom. The van der Waals surface area contributed by atoms with Crippen molar-refractivity contribution in [2.24, 2.45) is 0 Å². The third-order valence-electron chi connectivity index (χ3n) is 6.42. The van der Waals surface area contributed by atoms with Crippen molar-refractivity contribution in [2.45, 2.75) is 31.2 Å². The Morgan fingerprint density at radius 1 is 1.13 bits per heavy atom. The second-order valence-corrected chi connectivity index (χ2v) is 9.29. The van der Waals surface area contributed by atoms with Crippen molar-refractivity contribution in [3.05, 3.63) is 89.5 Å². The molecule has 2 aromatic carbocycles. The fourth-order valence-electron chi connectivity index (χ4n) is 4.54. The number of nitrogens with one attached hydrogen (secondary N) is 1. The molecule has 0 radical (unpaired) electrons. The van der Waals surface area contributed by atoms with Crippen LogP contribution in [0, 0.1) is 0 Å². The van der Waals surface area contributed by atoms with Crippen LogP contribution in [0.15, 0.2) is 78.4 Å². The van der Waals surface area contributed by atoms with Crippen LogP contribution in [0.1, 0.15) is 17.5 Å². The maximum atomic E-state index is 15.4. The number of benzene rings is 2. The molecule has 8 nitrogen and oxygen atoms in total. The number of likely N-dealkylation sites (tertiary alicyclic amines) is 1. The summed E-state index contributed by atoms with van der Waals surface area (Å²) in [5.41, 5.74) is 0.208. The van der Waals surface area contributed by atoms with E-state index in [-0.39, 0.29) is 32.8 Å². The van der Waals surface area contributed by atoms with Crippen LogP contribution in [0.4, 0.5) is 4.39 Å². The standard InChI is InChI=1S/C29H31FN2O6/c1-36-20-29(30)16-24(28(35)38-18-21-8-3-2-4-9-21)32(19-29)26(33)17-31-27(34)23-12-7-11-22-10-5-6-13-25(22)37-15-14-23/h2-10,12-14,24H,11,15-20H2,1H3,(H,31,34)/b12-7-,23-14+/t24?,29-/m1/s1. The molecular weight excluding hydrogens is 491 g/mol. The topological polar surface area (TPSA) is 94.2 Å². The van der Waals surface area contributed by atoms with Crippen LogP contribution in [0.25, 0.3) is 0 Å². The molecule has 1 saturated heterocycles. The van der Waals surface area contributed by atoms with Crippen molar-refractivity contribution in [2.75, 3.05) is 33.4 Å². The molecule has 2 aromatic rings. The first kappa shape index (κ1) is 27.1. The van der Waals surface area contributed by atoms with Gasteiger partial charge in [-0.3, -0.25) is 9.59 Å². The average Bonchev–Trinajstić information content (AvgIpc) is 3.32. The lowest BCUT2D eigenvalue weighted by Gasteiger charge is -2.23. The minimum absolute atomic E-state index is 0.00489. The Balaban J connectivity index is 1.38. The molecule has 200 valence electrons. The summed E-state index contributed by atoms with van der Waals surface area (Å²) >= 11 is 0. The Kier molecular flexibility index (Phi) is 8.91. The first-order valence-electron chi connectivity index (χ1n) is 12.4. The number of hydrogen-bond donors (Lipinski definition) is 1. The van der Waals surface area contributed by atoms with Crippen molar-refractivity contribution < 1.29 is 33.0 Å². The minimum atomic E-state index is -1.90. The second-order valence-electron chi connectivity index (χ2n) is 9.29. The van der Waals surface area contributed by atoms with Gasteiger partial charge in [0.05, 0.1) is 19.7 Å². The van der Waals surface area contributed by atoms with Gasteiger partial charge >= 0.3 is 5.97 Å². The molecule has 0 aliphatic carbocycles. The zero-order valence-electron chi connectivity index (χ0n) is 21.2. The Labute approximate surface area is 221 Å². The molecule has 2 aliphatic rings. The van der Waals surface area contributed by atoms with Crippen molar-refractivity contribution in [1.82, 2.24) is 10.2 Å². The molecule has 0 saturated carbocycles. The number of para-hydroxylation sites is 1. The van der Waals surface area contributed by atoms with Gasteiger partial charge < -0.3 is 24.4 Å². The molecule has 1 fully saturated rings. The highest BCUT2D eigenvalue weighted by Crippen LogP contribution is 2.32. The first-order valence-corrected chi connectivity index (χ1v) is 12.4. The lowest BCUT2D eigenvalue weighted by atomic mass is 10.0. The fourth-order valence-corrected chi connectivity index (χ4v) is 4.54. The number of hydrogen-bond acceptors (Lipinski definition) is 6. The lowest BCUT2D eigenvalue weighted by molar-refractivity contribution is -0.154. The van der Waals surface area contributed by atoms with Crippen molar-refractivity contribution >= 4 is 17.8 Å². The summed E-state index contributed by atoms with van der Waals surface area (Å²) in [6.45, 7) is -0.830. The number of nitrogens with zero attached hydrogens (tertiary/aromatic N) is 1. The third kappa shape index (κ3) is 6.86. The van der Waals surface area contributed by atoms with E-state index in [1.807, 2.05) is 48.5 Å².